The number of hydrogen-bond acceptors (Lipinski definition) is 7. The lowest BCUT2D eigenvalue weighted by Gasteiger charge is -2.10. The molecule has 1 aromatic carbocycles. The van der Waals surface area contributed by atoms with E-state index in [-0.39, 0.29) is 10.9 Å². The summed E-state index contributed by atoms with van der Waals surface area (Å²) in [6.07, 6.45) is 3.88. The number of nitro groups is 1. The molecule has 1 heterocycles. The first-order valence-electron chi connectivity index (χ1n) is 8.32. The third-order valence-electron chi connectivity index (χ3n) is 4.49. The van der Waals surface area contributed by atoms with Crippen molar-refractivity contribution in [2.45, 2.75) is 58.1 Å². The molecule has 0 spiro atoms. The minimum Gasteiger partial charge on any atom is -0.302 e. The van der Waals surface area contributed by atoms with Crippen LogP contribution in [-0.2, 0) is 9.84 Å². The van der Waals surface area contributed by atoms with Crippen LogP contribution in [0.5, 0.6) is 0 Å². The van der Waals surface area contributed by atoms with Crippen LogP contribution in [0.15, 0.2) is 33.1 Å². The molecule has 0 radical (unpaired) electrons. The van der Waals surface area contributed by atoms with Gasteiger partial charge in [-0.05, 0) is 49.6 Å². The Morgan fingerprint density at radius 2 is 1.86 bits per heavy atom. The minimum absolute atomic E-state index is 0.00257. The van der Waals surface area contributed by atoms with Gasteiger partial charge in [0.05, 0.1) is 14.7 Å². The summed E-state index contributed by atoms with van der Waals surface area (Å²) in [7, 11) is -5.68. The van der Waals surface area contributed by atoms with Gasteiger partial charge in [0.15, 0.2) is 5.16 Å². The number of nitrogens with zero attached hydrogens (tertiary/aromatic N) is 4. The van der Waals surface area contributed by atoms with Crippen molar-refractivity contribution in [1.29, 1.82) is 0 Å². The quantitative estimate of drug-likeness (QED) is 0.502. The van der Waals surface area contributed by atoms with E-state index in [0.29, 0.717) is 17.1 Å². The van der Waals surface area contributed by atoms with E-state index in [9.17, 15) is 31.7 Å². The summed E-state index contributed by atoms with van der Waals surface area (Å²) in [6.45, 7) is 0. The first kappa shape index (κ1) is 19.2. The Morgan fingerprint density at radius 3 is 2.39 bits per heavy atom. The standard InChI is InChI=1S/C15H13F3N4O4S2/c16-15(17,18)28(25,26)10-5-6-12(11(7-10)22(23)24)27-14-20-19-13(8-1-2-8)21(14)9-3-4-9/h5-9H,1-4H2. The van der Waals surface area contributed by atoms with Crippen molar-refractivity contribution < 1.29 is 26.5 Å². The van der Waals surface area contributed by atoms with Gasteiger partial charge in [-0.2, -0.15) is 13.2 Å². The van der Waals surface area contributed by atoms with Crippen LogP contribution in [0.4, 0.5) is 18.9 Å². The van der Waals surface area contributed by atoms with Gasteiger partial charge in [-0.15, -0.1) is 10.2 Å². The molecule has 2 aromatic rings. The fraction of sp³-hybridized carbons (Fsp3) is 0.467. The smallest absolute Gasteiger partial charge is 0.302 e. The highest BCUT2D eigenvalue weighted by Crippen LogP contribution is 2.47. The van der Waals surface area contributed by atoms with Gasteiger partial charge in [0, 0.05) is 18.0 Å². The zero-order chi connectivity index (χ0) is 20.3. The van der Waals surface area contributed by atoms with E-state index in [2.05, 4.69) is 10.2 Å². The number of benzene rings is 1. The summed E-state index contributed by atoms with van der Waals surface area (Å²) in [5.74, 6) is 1.14. The van der Waals surface area contributed by atoms with E-state index < -0.39 is 30.9 Å². The second-order valence-electron chi connectivity index (χ2n) is 6.65. The molecule has 0 unspecified atom stereocenters. The molecule has 4 rings (SSSR count). The zero-order valence-corrected chi connectivity index (χ0v) is 15.7. The fourth-order valence-electron chi connectivity index (χ4n) is 2.78. The van der Waals surface area contributed by atoms with Gasteiger partial charge in [-0.1, -0.05) is 0 Å². The first-order valence-corrected chi connectivity index (χ1v) is 10.6. The van der Waals surface area contributed by atoms with Crippen LogP contribution in [0.1, 0.15) is 43.5 Å². The average Bonchev–Trinajstić information content (AvgIpc) is 3.53. The first-order chi connectivity index (χ1) is 13.1. The summed E-state index contributed by atoms with van der Waals surface area (Å²) in [5, 5.41) is 20.1. The Labute approximate surface area is 161 Å². The van der Waals surface area contributed by atoms with E-state index in [0.717, 1.165) is 55.4 Å². The molecule has 0 bridgehead atoms. The SMILES string of the molecule is O=[N+]([O-])c1cc(S(=O)(=O)C(F)(F)F)ccc1Sc1nnc(C2CC2)n1C1CC1. The van der Waals surface area contributed by atoms with Crippen LogP contribution in [0.2, 0.25) is 0 Å². The van der Waals surface area contributed by atoms with Crippen LogP contribution >= 0.6 is 11.8 Å². The van der Waals surface area contributed by atoms with Gasteiger partial charge in [0.25, 0.3) is 15.5 Å². The fourth-order valence-corrected chi connectivity index (χ4v) is 4.55. The Morgan fingerprint density at radius 1 is 1.18 bits per heavy atom. The lowest BCUT2D eigenvalue weighted by atomic mass is 10.3. The Kier molecular flexibility index (Phi) is 4.41. The predicted molar refractivity (Wildman–Crippen MR) is 90.7 cm³/mol. The van der Waals surface area contributed by atoms with Crippen molar-refractivity contribution in [2.24, 2.45) is 0 Å². The molecule has 13 heteroatoms. The van der Waals surface area contributed by atoms with Gasteiger partial charge in [0.1, 0.15) is 5.82 Å². The Balaban J connectivity index is 1.72. The van der Waals surface area contributed by atoms with Gasteiger partial charge in [-0.25, -0.2) is 8.42 Å². The van der Waals surface area contributed by atoms with Crippen LogP contribution in [0.25, 0.3) is 0 Å². The molecule has 1 aromatic heterocycles. The van der Waals surface area contributed by atoms with Crippen LogP contribution in [0, 0.1) is 10.1 Å². The molecule has 0 atom stereocenters. The summed E-state index contributed by atoms with van der Waals surface area (Å²) >= 11 is 0.902. The second kappa shape index (κ2) is 6.44. The molecular weight excluding hydrogens is 421 g/mol. The van der Waals surface area contributed by atoms with Gasteiger partial charge in [0.2, 0.25) is 0 Å². The van der Waals surface area contributed by atoms with E-state index >= 15 is 0 Å². The number of aromatic nitrogens is 3. The summed E-state index contributed by atoms with van der Waals surface area (Å²) in [4.78, 5) is 9.30. The highest BCUT2D eigenvalue weighted by atomic mass is 32.2. The Bertz CT molecular complexity index is 1060. The van der Waals surface area contributed by atoms with Crippen LogP contribution in [0.3, 0.4) is 0 Å². The summed E-state index contributed by atoms with van der Waals surface area (Å²) in [5.41, 5.74) is -6.27. The van der Waals surface area contributed by atoms with Crippen molar-refractivity contribution in [1.82, 2.24) is 14.8 Å². The monoisotopic (exact) mass is 434 g/mol. The largest absolute Gasteiger partial charge is 0.501 e. The van der Waals surface area contributed by atoms with Crippen LogP contribution < -0.4 is 0 Å². The van der Waals surface area contributed by atoms with E-state index in [1.807, 2.05) is 4.57 Å². The number of nitro benzene ring substituents is 1. The molecule has 2 saturated carbocycles. The van der Waals surface area contributed by atoms with E-state index in [1.54, 1.807) is 0 Å². The van der Waals surface area contributed by atoms with E-state index in [4.69, 9.17) is 0 Å². The average molecular weight is 434 g/mol. The normalized spacial score (nSPS) is 17.7. The van der Waals surface area contributed by atoms with Crippen molar-refractivity contribution in [3.63, 3.8) is 0 Å². The molecule has 0 saturated heterocycles. The number of sulfone groups is 1. The Hall–Kier alpha value is -2.15. The molecular formula is C15H13F3N4O4S2. The van der Waals surface area contributed by atoms with Crippen molar-refractivity contribution in [3.8, 4) is 0 Å². The minimum atomic E-state index is -5.68. The molecule has 0 N–H and O–H groups in total. The maximum atomic E-state index is 12.7. The lowest BCUT2D eigenvalue weighted by molar-refractivity contribution is -0.388. The predicted octanol–water partition coefficient (Wildman–Crippen LogP) is 3.84. The second-order valence-corrected chi connectivity index (χ2v) is 9.60. The van der Waals surface area contributed by atoms with Gasteiger partial charge < -0.3 is 4.57 Å². The third-order valence-corrected chi connectivity index (χ3v) is 7.00. The van der Waals surface area contributed by atoms with Crippen LogP contribution in [-0.4, -0.2) is 33.6 Å². The highest BCUT2D eigenvalue weighted by molar-refractivity contribution is 7.99. The number of hydrogen-bond donors (Lipinski definition) is 0. The molecule has 28 heavy (non-hydrogen) atoms. The molecule has 0 amide bonds. The highest BCUT2D eigenvalue weighted by Gasteiger charge is 2.47. The van der Waals surface area contributed by atoms with Crippen molar-refractivity contribution in [2.75, 3.05) is 0 Å². The van der Waals surface area contributed by atoms with Gasteiger partial charge >= 0.3 is 5.51 Å². The van der Waals surface area contributed by atoms with Gasteiger partial charge in [-0.3, -0.25) is 10.1 Å². The summed E-state index contributed by atoms with van der Waals surface area (Å²) in [6, 6.07) is 2.38. The molecule has 0 aliphatic heterocycles. The topological polar surface area (TPSA) is 108 Å². The molecule has 150 valence electrons. The number of alkyl halides is 3. The maximum absolute atomic E-state index is 12.7. The van der Waals surface area contributed by atoms with Crippen molar-refractivity contribution >= 4 is 27.3 Å². The number of rotatable bonds is 6. The van der Waals surface area contributed by atoms with E-state index in [1.165, 1.54) is 0 Å². The molecule has 2 fully saturated rings. The summed E-state index contributed by atoms with van der Waals surface area (Å²) < 4.78 is 63.3. The number of halogens is 3. The molecule has 2 aliphatic carbocycles. The molecule has 8 nitrogen and oxygen atoms in total. The lowest BCUT2D eigenvalue weighted by Crippen LogP contribution is -2.23. The molecule has 2 aliphatic rings. The van der Waals surface area contributed by atoms with Crippen molar-refractivity contribution in [3.05, 3.63) is 34.1 Å². The zero-order valence-electron chi connectivity index (χ0n) is 14.1. The third kappa shape index (κ3) is 3.36. The maximum Gasteiger partial charge on any atom is 0.501 e.